The molecule has 98 valence electrons. The van der Waals surface area contributed by atoms with E-state index in [1.807, 2.05) is 0 Å². The molecule has 0 amide bonds. The van der Waals surface area contributed by atoms with Gasteiger partial charge in [-0.1, -0.05) is 0 Å². The maximum atomic E-state index is 9.55. The average Bonchev–Trinajstić information content (AvgIpc) is 2.77. The van der Waals surface area contributed by atoms with Crippen LogP contribution in [-0.2, 0) is 16.1 Å². The first-order valence-electron chi connectivity index (χ1n) is 5.53. The molecule has 1 aromatic heterocycles. The summed E-state index contributed by atoms with van der Waals surface area (Å²) in [6.07, 6.45) is 3.26. The molecule has 2 rings (SSSR count). The molecule has 0 bridgehead atoms. The number of hydrogen-bond donors (Lipinski definition) is 3. The van der Waals surface area contributed by atoms with Crippen LogP contribution >= 0.6 is 0 Å². The summed E-state index contributed by atoms with van der Waals surface area (Å²) in [6.45, 7) is 4.42. The minimum absolute atomic E-state index is 0.531. The van der Waals surface area contributed by atoms with Gasteiger partial charge in [-0.15, -0.1) is 0 Å². The largest absolute Gasteiger partial charge is 0.478 e. The van der Waals surface area contributed by atoms with Crippen molar-refractivity contribution in [3.05, 3.63) is 36.2 Å². The van der Waals surface area contributed by atoms with Gasteiger partial charge < -0.3 is 20.1 Å². The Kier molecular flexibility index (Phi) is 5.13. The normalized spacial score (nSPS) is 17.7. The molecule has 0 saturated carbocycles. The second-order valence-electron chi connectivity index (χ2n) is 3.81. The van der Waals surface area contributed by atoms with Gasteiger partial charge in [-0.05, 0) is 19.1 Å². The van der Waals surface area contributed by atoms with Gasteiger partial charge in [0.15, 0.2) is 0 Å². The van der Waals surface area contributed by atoms with Gasteiger partial charge in [0.2, 0.25) is 0 Å². The highest BCUT2D eigenvalue weighted by Crippen LogP contribution is 2.15. The van der Waals surface area contributed by atoms with E-state index in [4.69, 9.17) is 10.2 Å². The number of nitrogens with zero attached hydrogens (tertiary/aromatic N) is 1. The average molecular weight is 252 g/mol. The highest BCUT2D eigenvalue weighted by atomic mass is 16.4. The number of nitrogens with one attached hydrogen (secondary N) is 1. The first-order chi connectivity index (χ1) is 8.50. The van der Waals surface area contributed by atoms with Crippen molar-refractivity contribution in [2.75, 3.05) is 6.54 Å². The quantitative estimate of drug-likeness (QED) is 0.679. The number of rotatable bonds is 2. The van der Waals surface area contributed by atoms with Crippen molar-refractivity contribution >= 4 is 11.9 Å². The third-order valence-corrected chi connectivity index (χ3v) is 2.48. The summed E-state index contributed by atoms with van der Waals surface area (Å²) in [6, 6.07) is 4.82. The van der Waals surface area contributed by atoms with Gasteiger partial charge in [-0.2, -0.15) is 0 Å². The Morgan fingerprint density at radius 2 is 2.00 bits per heavy atom. The van der Waals surface area contributed by atoms with Crippen LogP contribution in [0.3, 0.4) is 0 Å². The highest BCUT2D eigenvalue weighted by Gasteiger charge is 2.12. The van der Waals surface area contributed by atoms with Gasteiger partial charge in [0.25, 0.3) is 0 Å². The Labute approximate surface area is 105 Å². The summed E-state index contributed by atoms with van der Waals surface area (Å²) in [5.41, 5.74) is 1.41. The fourth-order valence-electron chi connectivity index (χ4n) is 1.67. The van der Waals surface area contributed by atoms with E-state index >= 15 is 0 Å². The first-order valence-corrected chi connectivity index (χ1v) is 5.53. The molecule has 0 spiro atoms. The number of aromatic nitrogens is 1. The van der Waals surface area contributed by atoms with E-state index in [2.05, 4.69) is 35.1 Å². The van der Waals surface area contributed by atoms with Gasteiger partial charge >= 0.3 is 11.9 Å². The van der Waals surface area contributed by atoms with Crippen LogP contribution in [0.1, 0.15) is 18.7 Å². The van der Waals surface area contributed by atoms with Crippen molar-refractivity contribution in [3.8, 4) is 0 Å². The number of carboxylic acid groups (broad SMARTS) is 2. The summed E-state index contributed by atoms with van der Waals surface area (Å²) in [4.78, 5) is 19.1. The second kappa shape index (κ2) is 6.61. The first kappa shape index (κ1) is 14.0. The van der Waals surface area contributed by atoms with E-state index in [9.17, 15) is 9.59 Å². The molecule has 0 radical (unpaired) electrons. The molecule has 18 heavy (non-hydrogen) atoms. The third-order valence-electron chi connectivity index (χ3n) is 2.48. The molecular weight excluding hydrogens is 236 g/mol. The van der Waals surface area contributed by atoms with Crippen LogP contribution in [0.15, 0.2) is 30.5 Å². The van der Waals surface area contributed by atoms with Crippen molar-refractivity contribution < 1.29 is 19.8 Å². The smallest absolute Gasteiger partial charge is 0.328 e. The molecule has 1 atom stereocenters. The van der Waals surface area contributed by atoms with Crippen LogP contribution in [0.25, 0.3) is 0 Å². The summed E-state index contributed by atoms with van der Waals surface area (Å²) >= 11 is 0. The molecule has 2 heterocycles. The van der Waals surface area contributed by atoms with E-state index in [1.54, 1.807) is 0 Å². The van der Waals surface area contributed by atoms with E-state index in [1.165, 1.54) is 5.69 Å². The third kappa shape index (κ3) is 4.42. The van der Waals surface area contributed by atoms with Gasteiger partial charge in [0.1, 0.15) is 0 Å². The Morgan fingerprint density at radius 3 is 2.50 bits per heavy atom. The zero-order valence-electron chi connectivity index (χ0n) is 10.0. The van der Waals surface area contributed by atoms with Crippen LogP contribution in [-0.4, -0.2) is 33.3 Å². The van der Waals surface area contributed by atoms with Crippen LogP contribution in [0.2, 0.25) is 0 Å². The van der Waals surface area contributed by atoms with Crippen molar-refractivity contribution in [2.24, 2.45) is 0 Å². The standard InChI is InChI=1S/C8H12N2.C4H4O4/c1-7-8-3-2-5-10(8)6-4-9-7;5-3(6)1-2-4(7)8/h2-3,5,7,9H,4,6H2,1H3;1-2H,(H,5,6)(H,7,8)/b;2-1+. The number of carbonyl (C=O) groups is 2. The van der Waals surface area contributed by atoms with E-state index in [-0.39, 0.29) is 0 Å². The van der Waals surface area contributed by atoms with Gasteiger partial charge in [-0.3, -0.25) is 0 Å². The highest BCUT2D eigenvalue weighted by molar-refractivity contribution is 5.89. The topological polar surface area (TPSA) is 91.6 Å². The lowest BCUT2D eigenvalue weighted by Crippen LogP contribution is -2.30. The second-order valence-corrected chi connectivity index (χ2v) is 3.81. The Morgan fingerprint density at radius 1 is 1.39 bits per heavy atom. The lowest BCUT2D eigenvalue weighted by molar-refractivity contribution is -0.134. The zero-order valence-corrected chi connectivity index (χ0v) is 10.0. The van der Waals surface area contributed by atoms with Crippen LogP contribution in [0.4, 0.5) is 0 Å². The maximum absolute atomic E-state index is 9.55. The molecule has 6 heteroatoms. The predicted octanol–water partition coefficient (Wildman–Crippen LogP) is 0.864. The molecule has 0 aliphatic carbocycles. The minimum atomic E-state index is -1.26. The Bertz CT molecular complexity index is 435. The SMILES string of the molecule is CC1NCCn2cccc21.O=C(O)/C=C/C(=O)O. The molecule has 1 aliphatic heterocycles. The number of aliphatic carboxylic acids is 2. The molecule has 0 aromatic carbocycles. The maximum Gasteiger partial charge on any atom is 0.328 e. The predicted molar refractivity (Wildman–Crippen MR) is 65.3 cm³/mol. The van der Waals surface area contributed by atoms with Crippen LogP contribution in [0.5, 0.6) is 0 Å². The molecular formula is C12H16N2O4. The summed E-state index contributed by atoms with van der Waals surface area (Å²) in [7, 11) is 0. The molecule has 3 N–H and O–H groups in total. The van der Waals surface area contributed by atoms with Gasteiger partial charge in [0.05, 0.1) is 0 Å². The fraction of sp³-hybridized carbons (Fsp3) is 0.333. The Hall–Kier alpha value is -2.08. The van der Waals surface area contributed by atoms with Crippen molar-refractivity contribution in [1.29, 1.82) is 0 Å². The van der Waals surface area contributed by atoms with Crippen molar-refractivity contribution in [1.82, 2.24) is 9.88 Å². The number of carboxylic acids is 2. The monoisotopic (exact) mass is 252 g/mol. The molecule has 0 saturated heterocycles. The molecule has 6 nitrogen and oxygen atoms in total. The van der Waals surface area contributed by atoms with Crippen molar-refractivity contribution in [3.63, 3.8) is 0 Å². The number of hydrogen-bond acceptors (Lipinski definition) is 3. The molecule has 1 aliphatic rings. The lowest BCUT2D eigenvalue weighted by Gasteiger charge is -2.22. The molecule has 1 unspecified atom stereocenters. The fourth-order valence-corrected chi connectivity index (χ4v) is 1.67. The minimum Gasteiger partial charge on any atom is -0.478 e. The van der Waals surface area contributed by atoms with Gasteiger partial charge in [0, 0.05) is 43.2 Å². The lowest BCUT2D eigenvalue weighted by atomic mass is 10.2. The summed E-state index contributed by atoms with van der Waals surface area (Å²) < 4.78 is 2.31. The molecule has 1 aromatic rings. The van der Waals surface area contributed by atoms with Crippen LogP contribution in [0, 0.1) is 0 Å². The summed E-state index contributed by atoms with van der Waals surface area (Å²) in [5, 5.41) is 19.0. The van der Waals surface area contributed by atoms with E-state index < -0.39 is 11.9 Å². The molecule has 0 fully saturated rings. The van der Waals surface area contributed by atoms with Crippen LogP contribution < -0.4 is 5.32 Å². The summed E-state index contributed by atoms with van der Waals surface area (Å²) in [5.74, 6) is -2.51. The van der Waals surface area contributed by atoms with Crippen molar-refractivity contribution in [2.45, 2.75) is 19.5 Å². The van der Waals surface area contributed by atoms with E-state index in [0.717, 1.165) is 13.1 Å². The number of fused-ring (bicyclic) bond motifs is 1. The van der Waals surface area contributed by atoms with Gasteiger partial charge in [-0.25, -0.2) is 9.59 Å². The Balaban J connectivity index is 0.000000187. The van der Waals surface area contributed by atoms with E-state index in [0.29, 0.717) is 18.2 Å². The zero-order chi connectivity index (χ0) is 13.5.